The second kappa shape index (κ2) is 10.2. The van der Waals surface area contributed by atoms with Gasteiger partial charge < -0.3 is 9.64 Å². The quantitative estimate of drug-likeness (QED) is 0.546. The normalized spacial score (nSPS) is 11.2. The number of rotatable bonds is 9. The predicted molar refractivity (Wildman–Crippen MR) is 121 cm³/mol. The summed E-state index contributed by atoms with van der Waals surface area (Å²) in [6.45, 7) is 3.11. The first-order valence-electron chi connectivity index (χ1n) is 9.91. The maximum atomic E-state index is 13.1. The summed E-state index contributed by atoms with van der Waals surface area (Å²) >= 11 is 0. The van der Waals surface area contributed by atoms with Crippen LogP contribution in [0.3, 0.4) is 0 Å². The summed E-state index contributed by atoms with van der Waals surface area (Å²) in [5.74, 6) is -0.184. The van der Waals surface area contributed by atoms with Gasteiger partial charge in [0, 0.05) is 25.8 Å². The van der Waals surface area contributed by atoms with E-state index in [1.807, 2.05) is 49.4 Å². The number of amides is 1. The largest absolute Gasteiger partial charge is 0.383 e. The van der Waals surface area contributed by atoms with Crippen LogP contribution < -0.4 is 4.72 Å². The second-order valence-corrected chi connectivity index (χ2v) is 8.83. The molecule has 3 aromatic carbocycles. The molecule has 0 aromatic heterocycles. The molecule has 0 atom stereocenters. The van der Waals surface area contributed by atoms with E-state index < -0.39 is 10.0 Å². The Kier molecular flexibility index (Phi) is 7.44. The first-order valence-corrected chi connectivity index (χ1v) is 11.4. The molecule has 162 valence electrons. The van der Waals surface area contributed by atoms with E-state index in [-0.39, 0.29) is 10.8 Å². The highest BCUT2D eigenvalue weighted by atomic mass is 32.2. The lowest BCUT2D eigenvalue weighted by Crippen LogP contribution is -2.33. The third kappa shape index (κ3) is 5.93. The molecule has 3 rings (SSSR count). The summed E-state index contributed by atoms with van der Waals surface area (Å²) in [7, 11) is -2.17. The van der Waals surface area contributed by atoms with Crippen molar-refractivity contribution in [1.29, 1.82) is 0 Å². The number of ether oxygens (including phenoxy) is 1. The minimum Gasteiger partial charge on any atom is -0.383 e. The van der Waals surface area contributed by atoms with Crippen LogP contribution in [0.25, 0.3) is 0 Å². The van der Waals surface area contributed by atoms with Crippen LogP contribution in [0.1, 0.15) is 21.5 Å². The van der Waals surface area contributed by atoms with Crippen molar-refractivity contribution in [1.82, 2.24) is 4.90 Å². The van der Waals surface area contributed by atoms with Crippen molar-refractivity contribution in [2.75, 3.05) is 25.0 Å². The molecule has 7 heteroatoms. The van der Waals surface area contributed by atoms with Crippen LogP contribution in [0.4, 0.5) is 5.69 Å². The van der Waals surface area contributed by atoms with Crippen molar-refractivity contribution < 1.29 is 17.9 Å². The van der Waals surface area contributed by atoms with E-state index in [0.29, 0.717) is 30.9 Å². The number of sulfonamides is 1. The fraction of sp³-hybridized carbons (Fsp3) is 0.208. The molecule has 0 radical (unpaired) electrons. The van der Waals surface area contributed by atoms with Crippen molar-refractivity contribution in [2.24, 2.45) is 0 Å². The summed E-state index contributed by atoms with van der Waals surface area (Å²) in [4.78, 5) is 14.8. The Morgan fingerprint density at radius 3 is 2.23 bits per heavy atom. The van der Waals surface area contributed by atoms with E-state index in [2.05, 4.69) is 4.72 Å². The number of hydrogen-bond acceptors (Lipinski definition) is 4. The Labute approximate surface area is 183 Å². The van der Waals surface area contributed by atoms with Crippen LogP contribution in [0.5, 0.6) is 0 Å². The summed E-state index contributed by atoms with van der Waals surface area (Å²) < 4.78 is 33.2. The third-order valence-electron chi connectivity index (χ3n) is 4.87. The number of aryl methyl sites for hydroxylation is 1. The van der Waals surface area contributed by atoms with Crippen molar-refractivity contribution in [3.8, 4) is 0 Å². The molecule has 0 heterocycles. The van der Waals surface area contributed by atoms with Crippen molar-refractivity contribution >= 4 is 21.6 Å². The SMILES string of the molecule is COCCN(Cc1ccccc1)C(=O)c1ccc(S(=O)(=O)Nc2ccccc2C)cc1. The lowest BCUT2D eigenvalue weighted by molar-refractivity contribution is 0.0680. The Bertz CT molecular complexity index is 1110. The molecule has 6 nitrogen and oxygen atoms in total. The van der Waals surface area contributed by atoms with E-state index in [0.717, 1.165) is 11.1 Å². The van der Waals surface area contributed by atoms with Crippen molar-refractivity contribution in [2.45, 2.75) is 18.4 Å². The standard InChI is InChI=1S/C24H26N2O4S/c1-19-8-6-7-11-23(19)25-31(28,29)22-14-12-21(13-15-22)24(27)26(16-17-30-2)18-20-9-4-3-5-10-20/h3-15,25H,16-18H2,1-2H3. The van der Waals surface area contributed by atoms with Crippen molar-refractivity contribution in [3.05, 3.63) is 95.6 Å². The molecule has 0 saturated carbocycles. The molecule has 0 fully saturated rings. The molecule has 0 aliphatic heterocycles. The lowest BCUT2D eigenvalue weighted by Gasteiger charge is -2.23. The van der Waals surface area contributed by atoms with Gasteiger partial charge in [-0.1, -0.05) is 48.5 Å². The Morgan fingerprint density at radius 2 is 1.58 bits per heavy atom. The van der Waals surface area contributed by atoms with Crippen molar-refractivity contribution in [3.63, 3.8) is 0 Å². The van der Waals surface area contributed by atoms with Gasteiger partial charge in [-0.3, -0.25) is 9.52 Å². The number of benzene rings is 3. The number of hydrogen-bond donors (Lipinski definition) is 1. The summed E-state index contributed by atoms with van der Waals surface area (Å²) in [6, 6.07) is 22.8. The first kappa shape index (κ1) is 22.5. The van der Waals surface area contributed by atoms with Gasteiger partial charge in [0.25, 0.3) is 15.9 Å². The van der Waals surface area contributed by atoms with Crippen LogP contribution in [-0.4, -0.2) is 39.5 Å². The average molecular weight is 439 g/mol. The summed E-state index contributed by atoms with van der Waals surface area (Å²) in [6.07, 6.45) is 0. The molecule has 0 spiro atoms. The molecule has 1 amide bonds. The fourth-order valence-corrected chi connectivity index (χ4v) is 4.24. The number of nitrogens with one attached hydrogen (secondary N) is 1. The minimum absolute atomic E-state index is 0.0961. The molecule has 0 saturated heterocycles. The zero-order valence-electron chi connectivity index (χ0n) is 17.6. The van der Waals surface area contributed by atoms with Crippen LogP contribution in [0.15, 0.2) is 83.8 Å². The van der Waals surface area contributed by atoms with E-state index >= 15 is 0 Å². The number of methoxy groups -OCH3 is 1. The molecular weight excluding hydrogens is 412 g/mol. The van der Waals surface area contributed by atoms with Gasteiger partial charge in [-0.05, 0) is 48.4 Å². The number of nitrogens with zero attached hydrogens (tertiary/aromatic N) is 1. The molecule has 3 aromatic rings. The number of anilines is 1. The van der Waals surface area contributed by atoms with E-state index in [9.17, 15) is 13.2 Å². The maximum Gasteiger partial charge on any atom is 0.261 e. The van der Waals surface area contributed by atoms with Gasteiger partial charge in [-0.15, -0.1) is 0 Å². The maximum absolute atomic E-state index is 13.1. The smallest absolute Gasteiger partial charge is 0.261 e. The topological polar surface area (TPSA) is 75.7 Å². The van der Waals surface area contributed by atoms with Crippen LogP contribution >= 0.6 is 0 Å². The number of carbonyl (C=O) groups is 1. The van der Waals surface area contributed by atoms with Gasteiger partial charge in [0.1, 0.15) is 0 Å². The highest BCUT2D eigenvalue weighted by molar-refractivity contribution is 7.92. The molecule has 0 unspecified atom stereocenters. The van der Waals surface area contributed by atoms with Gasteiger partial charge >= 0.3 is 0 Å². The molecule has 31 heavy (non-hydrogen) atoms. The van der Waals surface area contributed by atoms with Gasteiger partial charge in [0.15, 0.2) is 0 Å². The minimum atomic E-state index is -3.76. The van der Waals surface area contributed by atoms with E-state index in [1.54, 1.807) is 36.3 Å². The van der Waals surface area contributed by atoms with Crippen LogP contribution in [-0.2, 0) is 21.3 Å². The molecule has 0 aliphatic carbocycles. The third-order valence-corrected chi connectivity index (χ3v) is 6.25. The molecule has 0 bridgehead atoms. The summed E-state index contributed by atoms with van der Waals surface area (Å²) in [5.41, 5.74) is 2.78. The zero-order valence-corrected chi connectivity index (χ0v) is 18.4. The van der Waals surface area contributed by atoms with Gasteiger partial charge in [-0.25, -0.2) is 8.42 Å². The second-order valence-electron chi connectivity index (χ2n) is 7.15. The van der Waals surface area contributed by atoms with Crippen LogP contribution in [0, 0.1) is 6.92 Å². The van der Waals surface area contributed by atoms with Gasteiger partial charge in [0.05, 0.1) is 17.2 Å². The van der Waals surface area contributed by atoms with Crippen LogP contribution in [0.2, 0.25) is 0 Å². The highest BCUT2D eigenvalue weighted by Crippen LogP contribution is 2.20. The average Bonchev–Trinajstić information content (AvgIpc) is 2.78. The zero-order chi connectivity index (χ0) is 22.3. The molecule has 0 aliphatic rings. The Morgan fingerprint density at radius 1 is 0.935 bits per heavy atom. The van der Waals surface area contributed by atoms with E-state index in [1.165, 1.54) is 12.1 Å². The number of para-hydroxylation sites is 1. The fourth-order valence-electron chi connectivity index (χ4n) is 3.11. The monoisotopic (exact) mass is 438 g/mol. The number of carbonyl (C=O) groups excluding carboxylic acids is 1. The van der Waals surface area contributed by atoms with E-state index in [4.69, 9.17) is 4.74 Å². The van der Waals surface area contributed by atoms with Gasteiger partial charge in [-0.2, -0.15) is 0 Å². The first-order chi connectivity index (χ1) is 14.9. The Hall–Kier alpha value is -3.16. The van der Waals surface area contributed by atoms with Gasteiger partial charge in [0.2, 0.25) is 0 Å². The summed E-state index contributed by atoms with van der Waals surface area (Å²) in [5, 5.41) is 0. The predicted octanol–water partition coefficient (Wildman–Crippen LogP) is 4.08. The Balaban J connectivity index is 1.78. The molecular formula is C24H26N2O4S. The highest BCUT2D eigenvalue weighted by Gasteiger charge is 2.19. The lowest BCUT2D eigenvalue weighted by atomic mass is 10.1. The molecule has 1 N–H and O–H groups in total.